The van der Waals surface area contributed by atoms with Gasteiger partial charge in [0, 0.05) is 13.1 Å². The van der Waals surface area contributed by atoms with Crippen LogP contribution in [0.5, 0.6) is 0 Å². The second-order valence-corrected chi connectivity index (χ2v) is 9.83. The van der Waals surface area contributed by atoms with Crippen molar-refractivity contribution in [3.05, 3.63) is 46.0 Å². The van der Waals surface area contributed by atoms with Crippen LogP contribution < -0.4 is 10.6 Å². The average Bonchev–Trinajstić information content (AvgIpc) is 3.32. The van der Waals surface area contributed by atoms with E-state index < -0.39 is 12.1 Å². The summed E-state index contributed by atoms with van der Waals surface area (Å²) in [5.41, 5.74) is 5.32. The largest absolute Gasteiger partial charge is 0.351 e. The third-order valence-electron chi connectivity index (χ3n) is 6.62. The minimum absolute atomic E-state index is 0.102. The highest BCUT2D eigenvalue weighted by Gasteiger charge is 2.42. The average molecular weight is 469 g/mol. The number of hydrogen-bond donors (Lipinski definition) is 2. The van der Waals surface area contributed by atoms with Crippen molar-refractivity contribution in [1.29, 1.82) is 0 Å². The van der Waals surface area contributed by atoms with Crippen LogP contribution in [0.1, 0.15) is 55.5 Å². The number of likely N-dealkylation sites (tertiary alicyclic amines) is 1. The molecule has 2 aliphatic carbocycles. The van der Waals surface area contributed by atoms with Crippen LogP contribution in [0.2, 0.25) is 0 Å². The fourth-order valence-corrected chi connectivity index (χ4v) is 5.45. The Morgan fingerprint density at radius 2 is 2.15 bits per heavy atom. The summed E-state index contributed by atoms with van der Waals surface area (Å²) in [5.74, 6) is -0.0184. The molecule has 2 N–H and O–H groups in total. The van der Waals surface area contributed by atoms with Crippen LogP contribution in [0.4, 0.5) is 0 Å². The molecule has 3 amide bonds. The third-order valence-corrected chi connectivity index (χ3v) is 7.59. The molecule has 4 rings (SSSR count). The van der Waals surface area contributed by atoms with Gasteiger partial charge in [0.05, 0.1) is 16.1 Å². The molecule has 8 heteroatoms. The zero-order chi connectivity index (χ0) is 23.2. The van der Waals surface area contributed by atoms with Gasteiger partial charge in [-0.3, -0.25) is 14.4 Å². The van der Waals surface area contributed by atoms with E-state index in [9.17, 15) is 14.4 Å². The summed E-state index contributed by atoms with van der Waals surface area (Å²) in [7, 11) is 0. The number of carbonyl (C=O) groups excluding carboxylic acids is 3. The number of aromatic nitrogens is 1. The predicted octanol–water partition coefficient (Wildman–Crippen LogP) is 3.13. The fraction of sp³-hybridized carbons (Fsp3) is 0.520. The summed E-state index contributed by atoms with van der Waals surface area (Å²) in [6.07, 6.45) is 15.3. The standard InChI is InChI=1S/C25H32N4O3S/c1-17-23(33-16-28-17)20-8-3-2-6-18(7-4-9-20)14-26-24(31)21-10-5-13-29(21)25(32)22(27-15-30)19-11-12-19/h3,7-9,15-16,19,21-22H,2,4-6,10-14H2,1H3,(H,26,31)(H,27,30)/b8-3?,18-7+,20-9?/t21?,22-/m0/s1. The van der Waals surface area contributed by atoms with Gasteiger partial charge >= 0.3 is 0 Å². The number of nitrogens with zero attached hydrogens (tertiary/aromatic N) is 2. The van der Waals surface area contributed by atoms with E-state index in [2.05, 4.69) is 39.9 Å². The predicted molar refractivity (Wildman–Crippen MR) is 129 cm³/mol. The van der Waals surface area contributed by atoms with Crippen LogP contribution in [0.15, 0.2) is 35.4 Å². The van der Waals surface area contributed by atoms with Gasteiger partial charge in [0.25, 0.3) is 0 Å². The van der Waals surface area contributed by atoms with Crippen molar-refractivity contribution in [2.75, 3.05) is 13.1 Å². The third kappa shape index (κ3) is 5.79. The molecule has 3 aliphatic rings. The Labute approximate surface area is 199 Å². The molecule has 1 aromatic rings. The van der Waals surface area contributed by atoms with Gasteiger partial charge in [0.1, 0.15) is 12.1 Å². The van der Waals surface area contributed by atoms with E-state index in [0.717, 1.165) is 44.2 Å². The van der Waals surface area contributed by atoms with E-state index in [1.807, 2.05) is 12.4 Å². The first-order valence-electron chi connectivity index (χ1n) is 11.8. The zero-order valence-corrected chi connectivity index (χ0v) is 19.9. The Bertz CT molecular complexity index is 976. The molecule has 0 aromatic carbocycles. The Morgan fingerprint density at radius 1 is 1.30 bits per heavy atom. The van der Waals surface area contributed by atoms with Gasteiger partial charge in [-0.2, -0.15) is 0 Å². The maximum Gasteiger partial charge on any atom is 0.246 e. The molecular weight excluding hydrogens is 436 g/mol. The van der Waals surface area contributed by atoms with E-state index in [0.29, 0.717) is 25.9 Å². The number of rotatable bonds is 8. The van der Waals surface area contributed by atoms with Gasteiger partial charge in [-0.25, -0.2) is 4.98 Å². The van der Waals surface area contributed by atoms with Gasteiger partial charge in [-0.15, -0.1) is 11.3 Å². The first-order valence-corrected chi connectivity index (χ1v) is 12.7. The normalized spacial score (nSPS) is 23.4. The first-order chi connectivity index (χ1) is 16.1. The van der Waals surface area contributed by atoms with E-state index in [1.54, 1.807) is 16.2 Å². The van der Waals surface area contributed by atoms with E-state index in [-0.39, 0.29) is 17.7 Å². The van der Waals surface area contributed by atoms with Crippen molar-refractivity contribution in [2.45, 2.75) is 64.0 Å². The molecule has 0 spiro atoms. The van der Waals surface area contributed by atoms with Gasteiger partial charge in [-0.1, -0.05) is 29.9 Å². The summed E-state index contributed by atoms with van der Waals surface area (Å²) in [6.45, 7) is 3.09. The Balaban J connectivity index is 1.35. The van der Waals surface area contributed by atoms with Crippen LogP contribution >= 0.6 is 11.3 Å². The molecule has 1 saturated heterocycles. The Morgan fingerprint density at radius 3 is 2.88 bits per heavy atom. The summed E-state index contributed by atoms with van der Waals surface area (Å²) in [5, 5.41) is 5.74. The second kappa shape index (κ2) is 10.9. The van der Waals surface area contributed by atoms with Gasteiger partial charge in [-0.05, 0) is 63.4 Å². The number of carbonyl (C=O) groups is 3. The lowest BCUT2D eigenvalue weighted by Crippen LogP contribution is -2.53. The van der Waals surface area contributed by atoms with Crippen LogP contribution in [0.3, 0.4) is 0 Å². The topological polar surface area (TPSA) is 91.4 Å². The van der Waals surface area contributed by atoms with E-state index >= 15 is 0 Å². The van der Waals surface area contributed by atoms with Crippen molar-refractivity contribution < 1.29 is 14.4 Å². The minimum Gasteiger partial charge on any atom is -0.351 e. The molecule has 2 heterocycles. The number of nitrogens with one attached hydrogen (secondary N) is 2. The van der Waals surface area contributed by atoms with Gasteiger partial charge < -0.3 is 15.5 Å². The maximum absolute atomic E-state index is 13.0. The first kappa shape index (κ1) is 23.4. The molecule has 176 valence electrons. The van der Waals surface area contributed by atoms with Gasteiger partial charge in [0.15, 0.2) is 0 Å². The Hall–Kier alpha value is -2.74. The molecule has 1 aliphatic heterocycles. The fourth-order valence-electron chi connectivity index (χ4n) is 4.62. The summed E-state index contributed by atoms with van der Waals surface area (Å²) >= 11 is 1.66. The molecule has 2 fully saturated rings. The van der Waals surface area contributed by atoms with Crippen molar-refractivity contribution in [3.63, 3.8) is 0 Å². The molecule has 0 radical (unpaired) electrons. The molecule has 2 atom stereocenters. The highest BCUT2D eigenvalue weighted by Crippen LogP contribution is 2.34. The van der Waals surface area contributed by atoms with Crippen LogP contribution in [0.25, 0.3) is 5.57 Å². The molecule has 1 aromatic heterocycles. The highest BCUT2D eigenvalue weighted by molar-refractivity contribution is 7.11. The number of hydrogen-bond acceptors (Lipinski definition) is 5. The molecule has 1 saturated carbocycles. The summed E-state index contributed by atoms with van der Waals surface area (Å²) in [4.78, 5) is 44.2. The lowest BCUT2D eigenvalue weighted by Gasteiger charge is -2.28. The maximum atomic E-state index is 13.0. The molecular formula is C25H32N4O3S. The van der Waals surface area contributed by atoms with E-state index in [1.165, 1.54) is 16.0 Å². The quantitative estimate of drug-likeness (QED) is 0.453. The molecule has 1 unspecified atom stereocenters. The second-order valence-electron chi connectivity index (χ2n) is 8.97. The Kier molecular flexibility index (Phi) is 7.75. The highest BCUT2D eigenvalue weighted by atomic mass is 32.1. The van der Waals surface area contributed by atoms with Gasteiger partial charge in [0.2, 0.25) is 18.2 Å². The lowest BCUT2D eigenvalue weighted by molar-refractivity contribution is -0.141. The molecule has 0 bridgehead atoms. The van der Waals surface area contributed by atoms with Crippen LogP contribution in [0, 0.1) is 12.8 Å². The smallest absolute Gasteiger partial charge is 0.246 e. The number of amides is 3. The zero-order valence-electron chi connectivity index (χ0n) is 19.1. The lowest BCUT2D eigenvalue weighted by atomic mass is 10.1. The number of thiazole rings is 1. The SMILES string of the molecule is Cc1ncsc1C1=CC/C=C(/CNC(=O)C2CCCN2C(=O)[C@@H](NC=O)C2CC2)CCC=C1. The molecule has 7 nitrogen and oxygen atoms in total. The monoisotopic (exact) mass is 468 g/mol. The van der Waals surface area contributed by atoms with E-state index in [4.69, 9.17) is 0 Å². The number of allylic oxidation sites excluding steroid dienone is 5. The van der Waals surface area contributed by atoms with Crippen molar-refractivity contribution in [2.24, 2.45) is 5.92 Å². The van der Waals surface area contributed by atoms with Crippen molar-refractivity contribution in [3.8, 4) is 0 Å². The van der Waals surface area contributed by atoms with Crippen LogP contribution in [-0.2, 0) is 14.4 Å². The van der Waals surface area contributed by atoms with Crippen molar-refractivity contribution in [1.82, 2.24) is 20.5 Å². The molecule has 33 heavy (non-hydrogen) atoms. The van der Waals surface area contributed by atoms with Crippen LogP contribution in [-0.4, -0.2) is 53.3 Å². The minimum atomic E-state index is -0.497. The number of aryl methyl sites for hydroxylation is 1. The van der Waals surface area contributed by atoms with Crippen molar-refractivity contribution >= 4 is 35.1 Å². The summed E-state index contributed by atoms with van der Waals surface area (Å²) in [6, 6.07) is -0.951. The summed E-state index contributed by atoms with van der Waals surface area (Å²) < 4.78 is 0.